The molecule has 0 spiro atoms. The third kappa shape index (κ3) is 3.10. The van der Waals surface area contributed by atoms with E-state index >= 15 is 0 Å². The Labute approximate surface area is 161 Å². The first kappa shape index (κ1) is 20.3. The zero-order valence-corrected chi connectivity index (χ0v) is 17.2. The van der Waals surface area contributed by atoms with E-state index in [4.69, 9.17) is 14.2 Å². The van der Waals surface area contributed by atoms with Gasteiger partial charge in [-0.1, -0.05) is 26.8 Å². The van der Waals surface area contributed by atoms with Crippen LogP contribution < -0.4 is 10.2 Å². The van der Waals surface area contributed by atoms with Crippen LogP contribution in [0.25, 0.3) is 0 Å². The van der Waals surface area contributed by atoms with Crippen molar-refractivity contribution < 1.29 is 19.3 Å². The zero-order valence-electron chi connectivity index (χ0n) is 17.2. The summed E-state index contributed by atoms with van der Waals surface area (Å²) >= 11 is 0. The van der Waals surface area contributed by atoms with Gasteiger partial charge in [0.1, 0.15) is 12.9 Å². The second-order valence-electron chi connectivity index (χ2n) is 8.59. The first-order valence-electron chi connectivity index (χ1n) is 9.78. The van der Waals surface area contributed by atoms with E-state index in [1.807, 2.05) is 13.0 Å². The van der Waals surface area contributed by atoms with Crippen molar-refractivity contribution in [2.24, 2.45) is 17.3 Å². The summed E-state index contributed by atoms with van der Waals surface area (Å²) < 4.78 is 16.5. The van der Waals surface area contributed by atoms with Crippen molar-refractivity contribution in [3.05, 3.63) is 39.0 Å². The van der Waals surface area contributed by atoms with E-state index in [2.05, 4.69) is 20.8 Å². The SMILES string of the molecule is COCO[C@H]1[C@H](O)c2ccc(OC)c(=O)c(C)c2[C@H]2[C@@H](C(C)C)CC[C@@]12C. The molecule has 2 aliphatic rings. The molecular formula is C22H32O5. The lowest BCUT2D eigenvalue weighted by Gasteiger charge is -2.48. The largest absolute Gasteiger partial charge is 0.493 e. The fraction of sp³-hybridized carbons (Fsp3) is 0.682. The smallest absolute Gasteiger partial charge is 0.223 e. The molecule has 1 fully saturated rings. The Bertz CT molecular complexity index is 759. The number of methoxy groups -OCH3 is 2. The number of aliphatic hydroxyl groups is 1. The topological polar surface area (TPSA) is 65.0 Å². The molecule has 5 atom stereocenters. The van der Waals surface area contributed by atoms with E-state index in [-0.39, 0.29) is 29.7 Å². The van der Waals surface area contributed by atoms with Crippen LogP contribution in [0.1, 0.15) is 62.3 Å². The van der Waals surface area contributed by atoms with Gasteiger partial charge in [0.2, 0.25) is 5.43 Å². The Hall–Kier alpha value is -1.43. The maximum absolute atomic E-state index is 12.9. The first-order valence-corrected chi connectivity index (χ1v) is 9.78. The molecule has 3 rings (SSSR count). The number of hydrogen-bond donors (Lipinski definition) is 1. The Kier molecular flexibility index (Phi) is 5.67. The second kappa shape index (κ2) is 7.53. The van der Waals surface area contributed by atoms with Gasteiger partial charge in [-0.3, -0.25) is 4.79 Å². The van der Waals surface area contributed by atoms with Gasteiger partial charge in [-0.2, -0.15) is 0 Å². The quantitative estimate of drug-likeness (QED) is 0.796. The molecule has 1 aromatic carbocycles. The number of ether oxygens (including phenoxy) is 3. The highest BCUT2D eigenvalue weighted by Crippen LogP contribution is 2.63. The summed E-state index contributed by atoms with van der Waals surface area (Å²) in [5, 5.41) is 11.3. The van der Waals surface area contributed by atoms with E-state index in [1.165, 1.54) is 7.11 Å². The third-order valence-corrected chi connectivity index (χ3v) is 6.86. The highest BCUT2D eigenvalue weighted by Gasteiger charge is 2.58. The molecule has 1 N–H and O–H groups in total. The molecule has 0 unspecified atom stereocenters. The molecule has 0 heterocycles. The highest BCUT2D eigenvalue weighted by molar-refractivity contribution is 5.47. The van der Waals surface area contributed by atoms with Crippen LogP contribution in [0.5, 0.6) is 5.75 Å². The van der Waals surface area contributed by atoms with Crippen molar-refractivity contribution in [2.75, 3.05) is 21.0 Å². The monoisotopic (exact) mass is 376 g/mol. The molecule has 27 heavy (non-hydrogen) atoms. The number of fused-ring (bicyclic) bond motifs is 3. The van der Waals surface area contributed by atoms with E-state index in [0.717, 1.165) is 24.0 Å². The summed E-state index contributed by atoms with van der Waals surface area (Å²) in [5.41, 5.74) is 2.10. The van der Waals surface area contributed by atoms with Crippen molar-refractivity contribution in [2.45, 2.75) is 58.7 Å². The van der Waals surface area contributed by atoms with Gasteiger partial charge in [0, 0.05) is 18.1 Å². The summed E-state index contributed by atoms with van der Waals surface area (Å²) in [6.07, 6.45) is 0.829. The molecule has 5 heteroatoms. The van der Waals surface area contributed by atoms with Crippen LogP contribution in [-0.4, -0.2) is 32.2 Å². The van der Waals surface area contributed by atoms with E-state index in [9.17, 15) is 9.90 Å². The standard InChI is InChI=1S/C22H32O5/c1-12(2)14-9-10-22(4)18(14)17-13(3)19(23)16(26-6)8-7-15(17)20(24)21(22)27-11-25-5/h7-8,12,14,18,20-21,24H,9-11H2,1-6H3/t14-,18-,20-,21+,22-/m1/s1. The Morgan fingerprint density at radius 3 is 2.59 bits per heavy atom. The fourth-order valence-electron chi connectivity index (χ4n) is 5.50. The lowest BCUT2D eigenvalue weighted by molar-refractivity contribution is -0.168. The fourth-order valence-corrected chi connectivity index (χ4v) is 5.50. The summed E-state index contributed by atoms with van der Waals surface area (Å²) in [5.74, 6) is 1.37. The maximum Gasteiger partial charge on any atom is 0.223 e. The van der Waals surface area contributed by atoms with Crippen LogP contribution in [-0.2, 0) is 9.47 Å². The van der Waals surface area contributed by atoms with Gasteiger partial charge in [0.25, 0.3) is 0 Å². The van der Waals surface area contributed by atoms with E-state index in [0.29, 0.717) is 23.1 Å². The molecule has 150 valence electrons. The molecule has 0 amide bonds. The van der Waals surface area contributed by atoms with Crippen LogP contribution in [0.4, 0.5) is 0 Å². The predicted molar refractivity (Wildman–Crippen MR) is 104 cm³/mol. The molecular weight excluding hydrogens is 344 g/mol. The van der Waals surface area contributed by atoms with Gasteiger partial charge in [-0.25, -0.2) is 0 Å². The number of rotatable bonds is 5. The summed E-state index contributed by atoms with van der Waals surface area (Å²) in [4.78, 5) is 12.9. The van der Waals surface area contributed by atoms with E-state index in [1.54, 1.807) is 13.2 Å². The van der Waals surface area contributed by atoms with Crippen molar-refractivity contribution in [1.29, 1.82) is 0 Å². The normalized spacial score (nSPS) is 32.3. The summed E-state index contributed by atoms with van der Waals surface area (Å²) in [6, 6.07) is 3.51. The van der Waals surface area contributed by atoms with Crippen LogP contribution in [0.15, 0.2) is 16.9 Å². The zero-order chi connectivity index (χ0) is 19.9. The van der Waals surface area contributed by atoms with Gasteiger partial charge in [0.15, 0.2) is 5.75 Å². The Balaban J connectivity index is 2.29. The van der Waals surface area contributed by atoms with Gasteiger partial charge < -0.3 is 19.3 Å². The molecule has 0 aromatic heterocycles. The Morgan fingerprint density at radius 1 is 1.30 bits per heavy atom. The third-order valence-electron chi connectivity index (χ3n) is 6.86. The minimum absolute atomic E-state index is 0.0982. The molecule has 1 aromatic rings. The minimum Gasteiger partial charge on any atom is -0.493 e. The average molecular weight is 376 g/mol. The summed E-state index contributed by atoms with van der Waals surface area (Å²) in [6.45, 7) is 8.68. The van der Waals surface area contributed by atoms with Crippen molar-refractivity contribution in [1.82, 2.24) is 0 Å². The van der Waals surface area contributed by atoms with Crippen LogP contribution in [0.3, 0.4) is 0 Å². The van der Waals surface area contributed by atoms with Crippen molar-refractivity contribution in [3.8, 4) is 5.75 Å². The lowest BCUT2D eigenvalue weighted by Crippen LogP contribution is -2.47. The van der Waals surface area contributed by atoms with Gasteiger partial charge in [-0.15, -0.1) is 0 Å². The van der Waals surface area contributed by atoms with Gasteiger partial charge in [0.05, 0.1) is 13.2 Å². The predicted octanol–water partition coefficient (Wildman–Crippen LogP) is 3.56. The van der Waals surface area contributed by atoms with Crippen LogP contribution in [0, 0.1) is 24.2 Å². The average Bonchev–Trinajstić information content (AvgIpc) is 2.93. The molecule has 0 saturated heterocycles. The van der Waals surface area contributed by atoms with Crippen LogP contribution in [0.2, 0.25) is 0 Å². The number of aliphatic hydroxyl groups excluding tert-OH is 1. The summed E-state index contributed by atoms with van der Waals surface area (Å²) in [7, 11) is 3.10. The van der Waals surface area contributed by atoms with Crippen molar-refractivity contribution >= 4 is 0 Å². The molecule has 5 nitrogen and oxygen atoms in total. The van der Waals surface area contributed by atoms with E-state index < -0.39 is 6.10 Å². The lowest BCUT2D eigenvalue weighted by atomic mass is 9.60. The first-order chi connectivity index (χ1) is 12.8. The molecule has 0 bridgehead atoms. The van der Waals surface area contributed by atoms with Gasteiger partial charge >= 0.3 is 0 Å². The maximum atomic E-state index is 12.9. The molecule has 1 saturated carbocycles. The van der Waals surface area contributed by atoms with Crippen LogP contribution >= 0.6 is 0 Å². The van der Waals surface area contributed by atoms with Crippen molar-refractivity contribution in [3.63, 3.8) is 0 Å². The highest BCUT2D eigenvalue weighted by atomic mass is 16.7. The molecule has 2 aliphatic carbocycles. The second-order valence-corrected chi connectivity index (χ2v) is 8.59. The minimum atomic E-state index is -0.808. The molecule has 0 radical (unpaired) electrons. The Morgan fingerprint density at radius 2 is 2.00 bits per heavy atom. The van der Waals surface area contributed by atoms with Gasteiger partial charge in [-0.05, 0) is 54.7 Å². The molecule has 0 aliphatic heterocycles. The number of hydrogen-bond acceptors (Lipinski definition) is 5.